The summed E-state index contributed by atoms with van der Waals surface area (Å²) in [5.41, 5.74) is 1.48. The Kier molecular flexibility index (Phi) is 5.87. The minimum atomic E-state index is 0.257. The summed E-state index contributed by atoms with van der Waals surface area (Å²) in [5.74, 6) is 3.30. The van der Waals surface area contributed by atoms with Crippen molar-refractivity contribution in [3.63, 3.8) is 0 Å². The van der Waals surface area contributed by atoms with Gasteiger partial charge in [-0.2, -0.15) is 21.7 Å². The molecule has 0 radical (unpaired) electrons. The fourth-order valence-corrected chi connectivity index (χ4v) is 2.49. The molecule has 0 amide bonds. The number of nitrogens with zero attached hydrogens (tertiary/aromatic N) is 3. The minimum absolute atomic E-state index is 0.257. The molecule has 110 valence electrons. The van der Waals surface area contributed by atoms with Gasteiger partial charge in [-0.25, -0.2) is 4.98 Å². The van der Waals surface area contributed by atoms with Crippen molar-refractivity contribution in [3.05, 3.63) is 6.33 Å². The van der Waals surface area contributed by atoms with Gasteiger partial charge in [-0.1, -0.05) is 0 Å². The highest BCUT2D eigenvalue weighted by atomic mass is 32.2. The standard InChI is InChI=1S/C12H20N6OS/c1-2-13-12-17-10(9-11(18-12)16-8-15-9)14-4-7-20-6-3-5-19/h8,19H,2-7H2,1H3,(H3,13,14,15,16,17,18). The van der Waals surface area contributed by atoms with Crippen LogP contribution in [-0.2, 0) is 0 Å². The molecule has 20 heavy (non-hydrogen) atoms. The first-order valence-corrected chi connectivity index (χ1v) is 7.88. The number of hydrogen-bond acceptors (Lipinski definition) is 7. The lowest BCUT2D eigenvalue weighted by atomic mass is 10.5. The molecular formula is C12H20N6OS. The van der Waals surface area contributed by atoms with E-state index in [0.717, 1.165) is 42.4 Å². The van der Waals surface area contributed by atoms with Crippen LogP contribution in [0.15, 0.2) is 6.33 Å². The fraction of sp³-hybridized carbons (Fsp3) is 0.583. The summed E-state index contributed by atoms with van der Waals surface area (Å²) in [6.07, 6.45) is 2.46. The van der Waals surface area contributed by atoms with Crippen LogP contribution in [0.3, 0.4) is 0 Å². The van der Waals surface area contributed by atoms with Crippen LogP contribution in [0.2, 0.25) is 0 Å². The molecule has 4 N–H and O–H groups in total. The van der Waals surface area contributed by atoms with Gasteiger partial charge in [0.05, 0.1) is 6.33 Å². The lowest BCUT2D eigenvalue weighted by molar-refractivity contribution is 0.296. The van der Waals surface area contributed by atoms with Gasteiger partial charge in [-0.05, 0) is 19.1 Å². The second kappa shape index (κ2) is 7.91. The predicted molar refractivity (Wildman–Crippen MR) is 83.4 cm³/mol. The van der Waals surface area contributed by atoms with E-state index in [4.69, 9.17) is 5.11 Å². The molecule has 0 spiro atoms. The minimum Gasteiger partial charge on any atom is -0.396 e. The molecule has 0 aliphatic carbocycles. The van der Waals surface area contributed by atoms with E-state index in [0.29, 0.717) is 11.6 Å². The number of aliphatic hydroxyl groups excluding tert-OH is 1. The number of fused-ring (bicyclic) bond motifs is 1. The number of anilines is 2. The molecule has 0 aliphatic heterocycles. The Labute approximate surface area is 122 Å². The van der Waals surface area contributed by atoms with Crippen LogP contribution in [0.25, 0.3) is 11.2 Å². The molecule has 0 bridgehead atoms. The summed E-state index contributed by atoms with van der Waals surface area (Å²) in [6, 6.07) is 0. The van der Waals surface area contributed by atoms with Gasteiger partial charge < -0.3 is 20.7 Å². The highest BCUT2D eigenvalue weighted by Gasteiger charge is 2.08. The maximum Gasteiger partial charge on any atom is 0.226 e. The normalized spacial score (nSPS) is 10.9. The summed E-state index contributed by atoms with van der Waals surface area (Å²) in [4.78, 5) is 16.0. The van der Waals surface area contributed by atoms with Gasteiger partial charge in [0.15, 0.2) is 11.5 Å². The zero-order chi connectivity index (χ0) is 14.2. The largest absolute Gasteiger partial charge is 0.396 e. The maximum absolute atomic E-state index is 8.71. The third-order valence-electron chi connectivity index (χ3n) is 2.61. The van der Waals surface area contributed by atoms with Crippen LogP contribution in [0.1, 0.15) is 13.3 Å². The van der Waals surface area contributed by atoms with E-state index in [1.165, 1.54) is 0 Å². The summed E-state index contributed by atoms with van der Waals surface area (Å²) in [7, 11) is 0. The Morgan fingerprint density at radius 1 is 1.30 bits per heavy atom. The number of hydrogen-bond donors (Lipinski definition) is 4. The third-order valence-corrected chi connectivity index (χ3v) is 3.68. The Bertz CT molecular complexity index is 532. The first kappa shape index (κ1) is 14.9. The Morgan fingerprint density at radius 3 is 3.00 bits per heavy atom. The van der Waals surface area contributed by atoms with Gasteiger partial charge in [-0.15, -0.1) is 0 Å². The lowest BCUT2D eigenvalue weighted by Crippen LogP contribution is -2.10. The molecule has 0 saturated carbocycles. The first-order chi connectivity index (χ1) is 9.85. The summed E-state index contributed by atoms with van der Waals surface area (Å²) in [5, 5.41) is 15.1. The van der Waals surface area contributed by atoms with Crippen LogP contribution in [-0.4, -0.2) is 56.2 Å². The number of aromatic amines is 1. The van der Waals surface area contributed by atoms with Crippen LogP contribution < -0.4 is 10.6 Å². The van der Waals surface area contributed by atoms with Crippen molar-refractivity contribution >= 4 is 34.7 Å². The van der Waals surface area contributed by atoms with E-state index in [9.17, 15) is 0 Å². The average molecular weight is 296 g/mol. The van der Waals surface area contributed by atoms with Gasteiger partial charge in [0.25, 0.3) is 0 Å². The van der Waals surface area contributed by atoms with E-state index >= 15 is 0 Å². The van der Waals surface area contributed by atoms with Gasteiger partial charge in [-0.3, -0.25) is 0 Å². The molecule has 2 heterocycles. The molecule has 0 fully saturated rings. The van der Waals surface area contributed by atoms with Crippen molar-refractivity contribution in [2.75, 3.05) is 41.8 Å². The SMILES string of the molecule is CCNc1nc(NCCSCCCO)c2[nH]cnc2n1. The number of H-pyrrole nitrogens is 1. The molecule has 2 aromatic heterocycles. The number of aliphatic hydroxyl groups is 1. The van der Waals surface area contributed by atoms with E-state index in [-0.39, 0.29) is 6.61 Å². The Morgan fingerprint density at radius 2 is 2.20 bits per heavy atom. The van der Waals surface area contributed by atoms with Crippen molar-refractivity contribution in [2.24, 2.45) is 0 Å². The fourth-order valence-electron chi connectivity index (χ4n) is 1.71. The molecule has 8 heteroatoms. The molecule has 0 unspecified atom stereocenters. The molecule has 0 atom stereocenters. The van der Waals surface area contributed by atoms with Crippen molar-refractivity contribution in [2.45, 2.75) is 13.3 Å². The molecule has 2 rings (SSSR count). The van der Waals surface area contributed by atoms with Gasteiger partial charge in [0.2, 0.25) is 5.95 Å². The number of imidazole rings is 1. The number of nitrogens with one attached hydrogen (secondary N) is 3. The zero-order valence-electron chi connectivity index (χ0n) is 11.5. The van der Waals surface area contributed by atoms with Crippen LogP contribution in [0, 0.1) is 0 Å². The monoisotopic (exact) mass is 296 g/mol. The number of aromatic nitrogens is 4. The van der Waals surface area contributed by atoms with E-state index in [2.05, 4.69) is 30.6 Å². The second-order valence-electron chi connectivity index (χ2n) is 4.14. The van der Waals surface area contributed by atoms with Gasteiger partial charge in [0, 0.05) is 25.4 Å². The summed E-state index contributed by atoms with van der Waals surface area (Å²) < 4.78 is 0. The van der Waals surface area contributed by atoms with Crippen LogP contribution in [0.5, 0.6) is 0 Å². The van der Waals surface area contributed by atoms with E-state index < -0.39 is 0 Å². The highest BCUT2D eigenvalue weighted by molar-refractivity contribution is 7.99. The van der Waals surface area contributed by atoms with Crippen molar-refractivity contribution in [1.29, 1.82) is 0 Å². The van der Waals surface area contributed by atoms with Gasteiger partial charge >= 0.3 is 0 Å². The van der Waals surface area contributed by atoms with Crippen molar-refractivity contribution in [3.8, 4) is 0 Å². The first-order valence-electron chi connectivity index (χ1n) is 6.72. The molecule has 0 saturated heterocycles. The lowest BCUT2D eigenvalue weighted by Gasteiger charge is -2.08. The summed E-state index contributed by atoms with van der Waals surface area (Å²) in [6.45, 7) is 3.84. The second-order valence-corrected chi connectivity index (χ2v) is 5.37. The van der Waals surface area contributed by atoms with Crippen LogP contribution in [0.4, 0.5) is 11.8 Å². The third kappa shape index (κ3) is 3.97. The maximum atomic E-state index is 8.71. The Balaban J connectivity index is 1.95. The molecule has 0 aromatic carbocycles. The average Bonchev–Trinajstić information content (AvgIpc) is 2.91. The van der Waals surface area contributed by atoms with Crippen LogP contribution >= 0.6 is 11.8 Å². The molecular weight excluding hydrogens is 276 g/mol. The quantitative estimate of drug-likeness (QED) is 0.518. The van der Waals surface area contributed by atoms with E-state index in [1.54, 1.807) is 6.33 Å². The van der Waals surface area contributed by atoms with Crippen molar-refractivity contribution in [1.82, 2.24) is 19.9 Å². The van der Waals surface area contributed by atoms with Gasteiger partial charge in [0.1, 0.15) is 5.52 Å². The molecule has 2 aromatic rings. The number of thioether (sulfide) groups is 1. The highest BCUT2D eigenvalue weighted by Crippen LogP contribution is 2.18. The molecule has 0 aliphatic rings. The predicted octanol–water partition coefficient (Wildman–Crippen LogP) is 1.31. The Hall–Kier alpha value is -1.54. The van der Waals surface area contributed by atoms with Crippen molar-refractivity contribution < 1.29 is 5.11 Å². The summed E-state index contributed by atoms with van der Waals surface area (Å²) >= 11 is 1.81. The smallest absolute Gasteiger partial charge is 0.226 e. The number of rotatable bonds is 9. The molecule has 7 nitrogen and oxygen atoms in total. The van der Waals surface area contributed by atoms with E-state index in [1.807, 2.05) is 18.7 Å². The topological polar surface area (TPSA) is 98.8 Å². The zero-order valence-corrected chi connectivity index (χ0v) is 12.3.